The van der Waals surface area contributed by atoms with Gasteiger partial charge in [0.25, 0.3) is 0 Å². The fourth-order valence-corrected chi connectivity index (χ4v) is 5.65. The highest BCUT2D eigenvalue weighted by atomic mass is 35.5. The number of hydrogen-bond donors (Lipinski definition) is 0. The van der Waals surface area contributed by atoms with Crippen molar-refractivity contribution in [3.8, 4) is 33.9 Å². The molecular weight excluding hydrogens is 514 g/mol. The molecular formula is C35H20ClN3O. The lowest BCUT2D eigenvalue weighted by Gasteiger charge is -2.08. The lowest BCUT2D eigenvalue weighted by atomic mass is 10.00. The summed E-state index contributed by atoms with van der Waals surface area (Å²) >= 11 is 6.45. The monoisotopic (exact) mass is 533 g/mol. The fraction of sp³-hybridized carbons (Fsp3) is 0. The Morgan fingerprint density at radius 3 is 1.90 bits per heavy atom. The topological polar surface area (TPSA) is 51.8 Å². The van der Waals surface area contributed by atoms with Gasteiger partial charge in [-0.25, -0.2) is 4.98 Å². The molecule has 0 N–H and O–H groups in total. The van der Waals surface area contributed by atoms with E-state index in [1.165, 1.54) is 16.5 Å². The second kappa shape index (κ2) is 9.01. The van der Waals surface area contributed by atoms with Gasteiger partial charge in [-0.05, 0) is 80.7 Å². The van der Waals surface area contributed by atoms with Gasteiger partial charge in [0.2, 0.25) is 5.28 Å². The van der Waals surface area contributed by atoms with E-state index in [0.717, 1.165) is 49.2 Å². The van der Waals surface area contributed by atoms with Gasteiger partial charge >= 0.3 is 0 Å². The standard InChI is InChI=1S/C35H20ClN3O/c36-35-38-33(26-13-12-24-18-23(10-11-25(24)19-26)21-6-2-1-3-7-21)37-34(39-35)27-15-16-30-29(20-27)32-28-9-5-4-8-22(28)14-17-31(32)40-30/h1-20H. The van der Waals surface area contributed by atoms with Crippen LogP contribution in [0, 0.1) is 0 Å². The van der Waals surface area contributed by atoms with Crippen LogP contribution >= 0.6 is 11.6 Å². The van der Waals surface area contributed by atoms with E-state index in [0.29, 0.717) is 11.6 Å². The molecule has 2 heterocycles. The van der Waals surface area contributed by atoms with Gasteiger partial charge in [-0.3, -0.25) is 0 Å². The number of aromatic nitrogens is 3. The van der Waals surface area contributed by atoms with E-state index in [9.17, 15) is 0 Å². The highest BCUT2D eigenvalue weighted by Crippen LogP contribution is 2.37. The van der Waals surface area contributed by atoms with E-state index in [2.05, 4.69) is 94.9 Å². The van der Waals surface area contributed by atoms with Crippen molar-refractivity contribution in [2.45, 2.75) is 0 Å². The van der Waals surface area contributed by atoms with Gasteiger partial charge in [0.1, 0.15) is 11.2 Å². The number of benzene rings is 6. The summed E-state index contributed by atoms with van der Waals surface area (Å²) in [6.07, 6.45) is 0. The predicted molar refractivity (Wildman–Crippen MR) is 163 cm³/mol. The number of nitrogens with zero attached hydrogens (tertiary/aromatic N) is 3. The maximum absolute atomic E-state index is 6.45. The SMILES string of the molecule is Clc1nc(-c2ccc3cc(-c4ccccc4)ccc3c2)nc(-c2ccc3oc4ccc5ccccc5c4c3c2)n1. The Balaban J connectivity index is 1.23. The van der Waals surface area contributed by atoms with Crippen LogP contribution in [-0.4, -0.2) is 15.0 Å². The van der Waals surface area contributed by atoms with Gasteiger partial charge in [0, 0.05) is 21.9 Å². The maximum Gasteiger partial charge on any atom is 0.226 e. The molecule has 5 heteroatoms. The van der Waals surface area contributed by atoms with E-state index < -0.39 is 0 Å². The molecule has 40 heavy (non-hydrogen) atoms. The minimum Gasteiger partial charge on any atom is -0.456 e. The smallest absolute Gasteiger partial charge is 0.226 e. The van der Waals surface area contributed by atoms with Crippen LogP contribution in [-0.2, 0) is 0 Å². The molecule has 0 spiro atoms. The van der Waals surface area contributed by atoms with Crippen LogP contribution in [0.15, 0.2) is 126 Å². The summed E-state index contributed by atoms with van der Waals surface area (Å²) in [7, 11) is 0. The van der Waals surface area contributed by atoms with Crippen molar-refractivity contribution in [3.05, 3.63) is 127 Å². The molecule has 0 aliphatic carbocycles. The summed E-state index contributed by atoms with van der Waals surface area (Å²) in [5.74, 6) is 1.05. The quantitative estimate of drug-likeness (QED) is 0.227. The van der Waals surface area contributed by atoms with Gasteiger partial charge in [-0.2, -0.15) is 9.97 Å². The lowest BCUT2D eigenvalue weighted by Crippen LogP contribution is -1.97. The summed E-state index contributed by atoms with van der Waals surface area (Å²) in [5.41, 5.74) is 5.78. The summed E-state index contributed by atoms with van der Waals surface area (Å²) in [6.45, 7) is 0. The molecule has 8 aromatic rings. The molecule has 8 rings (SSSR count). The van der Waals surface area contributed by atoms with Gasteiger partial charge in [0.05, 0.1) is 0 Å². The highest BCUT2D eigenvalue weighted by Gasteiger charge is 2.15. The number of furan rings is 1. The van der Waals surface area contributed by atoms with E-state index in [1.807, 2.05) is 36.4 Å². The van der Waals surface area contributed by atoms with E-state index in [4.69, 9.17) is 21.0 Å². The Morgan fingerprint density at radius 1 is 0.450 bits per heavy atom. The minimum atomic E-state index is 0.155. The molecule has 0 aliphatic heterocycles. The third-order valence-corrected chi connectivity index (χ3v) is 7.60. The first-order chi connectivity index (χ1) is 19.7. The molecule has 2 aromatic heterocycles. The van der Waals surface area contributed by atoms with Crippen LogP contribution in [0.1, 0.15) is 0 Å². The van der Waals surface area contributed by atoms with Crippen LogP contribution in [0.3, 0.4) is 0 Å². The van der Waals surface area contributed by atoms with Crippen molar-refractivity contribution < 1.29 is 4.42 Å². The predicted octanol–water partition coefficient (Wildman–Crippen LogP) is 9.73. The summed E-state index contributed by atoms with van der Waals surface area (Å²) in [5, 5.41) is 6.82. The molecule has 6 aromatic carbocycles. The van der Waals surface area contributed by atoms with Crippen molar-refractivity contribution in [2.24, 2.45) is 0 Å². The highest BCUT2D eigenvalue weighted by molar-refractivity contribution is 6.28. The van der Waals surface area contributed by atoms with Crippen LogP contribution in [0.5, 0.6) is 0 Å². The van der Waals surface area contributed by atoms with Crippen LogP contribution < -0.4 is 0 Å². The Bertz CT molecular complexity index is 2240. The molecule has 0 aliphatic rings. The van der Waals surface area contributed by atoms with Gasteiger partial charge in [-0.1, -0.05) is 84.9 Å². The second-order valence-corrected chi connectivity index (χ2v) is 10.2. The molecule has 0 fully saturated rings. The van der Waals surface area contributed by atoms with E-state index in [-0.39, 0.29) is 5.28 Å². The van der Waals surface area contributed by atoms with Crippen molar-refractivity contribution >= 4 is 55.1 Å². The van der Waals surface area contributed by atoms with Gasteiger partial charge < -0.3 is 4.42 Å². The zero-order chi connectivity index (χ0) is 26.6. The first kappa shape index (κ1) is 22.9. The summed E-state index contributed by atoms with van der Waals surface area (Å²) in [4.78, 5) is 13.8. The second-order valence-electron chi connectivity index (χ2n) is 9.87. The average Bonchev–Trinajstić information content (AvgIpc) is 3.39. The fourth-order valence-electron chi connectivity index (χ4n) is 5.49. The normalized spacial score (nSPS) is 11.6. The van der Waals surface area contributed by atoms with Crippen LogP contribution in [0.2, 0.25) is 5.28 Å². The Hall–Kier alpha value is -5.06. The summed E-state index contributed by atoms with van der Waals surface area (Å²) in [6, 6.07) is 41.5. The Labute approximate surface area is 234 Å². The van der Waals surface area contributed by atoms with E-state index >= 15 is 0 Å². The molecule has 4 nitrogen and oxygen atoms in total. The third kappa shape index (κ3) is 3.81. The van der Waals surface area contributed by atoms with E-state index in [1.54, 1.807) is 0 Å². The number of halogens is 1. The number of rotatable bonds is 3. The van der Waals surface area contributed by atoms with Crippen molar-refractivity contribution in [2.75, 3.05) is 0 Å². The van der Waals surface area contributed by atoms with Crippen LogP contribution in [0.4, 0.5) is 0 Å². The van der Waals surface area contributed by atoms with Crippen molar-refractivity contribution in [3.63, 3.8) is 0 Å². The first-order valence-electron chi connectivity index (χ1n) is 13.1. The zero-order valence-electron chi connectivity index (χ0n) is 21.2. The van der Waals surface area contributed by atoms with Gasteiger partial charge in [-0.15, -0.1) is 0 Å². The molecule has 0 atom stereocenters. The molecule has 0 saturated heterocycles. The molecule has 0 bridgehead atoms. The molecule has 0 amide bonds. The maximum atomic E-state index is 6.45. The van der Waals surface area contributed by atoms with Gasteiger partial charge in [0.15, 0.2) is 11.6 Å². The number of fused-ring (bicyclic) bond motifs is 6. The molecule has 188 valence electrons. The zero-order valence-corrected chi connectivity index (χ0v) is 21.9. The first-order valence-corrected chi connectivity index (χ1v) is 13.4. The summed E-state index contributed by atoms with van der Waals surface area (Å²) < 4.78 is 6.17. The third-order valence-electron chi connectivity index (χ3n) is 7.43. The van der Waals surface area contributed by atoms with Crippen LogP contribution in [0.25, 0.3) is 77.4 Å². The Kier molecular flexibility index (Phi) is 5.15. The largest absolute Gasteiger partial charge is 0.456 e. The van der Waals surface area contributed by atoms with Crippen molar-refractivity contribution in [1.29, 1.82) is 0 Å². The average molecular weight is 534 g/mol. The minimum absolute atomic E-state index is 0.155. The molecule has 0 unspecified atom stereocenters. The lowest BCUT2D eigenvalue weighted by molar-refractivity contribution is 0.669. The molecule has 0 saturated carbocycles. The Morgan fingerprint density at radius 2 is 1.07 bits per heavy atom. The number of hydrogen-bond acceptors (Lipinski definition) is 4. The molecule has 0 radical (unpaired) electrons. The van der Waals surface area contributed by atoms with Crippen molar-refractivity contribution in [1.82, 2.24) is 15.0 Å².